The van der Waals surface area contributed by atoms with Crippen molar-refractivity contribution < 1.29 is 0 Å². The maximum atomic E-state index is 2.34. The van der Waals surface area contributed by atoms with E-state index in [1.807, 2.05) is 0 Å². The first-order chi connectivity index (χ1) is 9.06. The van der Waals surface area contributed by atoms with Crippen LogP contribution in [0.2, 0.25) is 0 Å². The highest BCUT2D eigenvalue weighted by molar-refractivity contribution is 5.33. The molecule has 2 aromatic rings. The van der Waals surface area contributed by atoms with Gasteiger partial charge in [-0.25, -0.2) is 0 Å². The van der Waals surface area contributed by atoms with E-state index in [4.69, 9.17) is 0 Å². The number of hydrogen-bond acceptors (Lipinski definition) is 0. The molecule has 0 aromatic heterocycles. The van der Waals surface area contributed by atoms with Crippen LogP contribution in [0, 0.1) is 0 Å². The third kappa shape index (κ3) is 3.70. The normalized spacial score (nSPS) is 11.3. The number of rotatable bonds is 4. The summed E-state index contributed by atoms with van der Waals surface area (Å²) < 4.78 is 0. The van der Waals surface area contributed by atoms with Gasteiger partial charge in [0.2, 0.25) is 0 Å². The monoisotopic (exact) mass is 252 g/mol. The van der Waals surface area contributed by atoms with Gasteiger partial charge in [0.1, 0.15) is 0 Å². The van der Waals surface area contributed by atoms with Crippen LogP contribution in [0.1, 0.15) is 61.8 Å². The van der Waals surface area contributed by atoms with Crippen molar-refractivity contribution in [3.63, 3.8) is 0 Å². The van der Waals surface area contributed by atoms with Crippen LogP contribution in [0.25, 0.3) is 0 Å². The molecule has 0 N–H and O–H groups in total. The van der Waals surface area contributed by atoms with Crippen molar-refractivity contribution in [2.24, 2.45) is 0 Å². The molecule has 0 bridgehead atoms. The highest BCUT2D eigenvalue weighted by Gasteiger charge is 2.03. The Morgan fingerprint density at radius 1 is 0.684 bits per heavy atom. The van der Waals surface area contributed by atoms with Crippen molar-refractivity contribution in [3.05, 3.63) is 70.8 Å². The lowest BCUT2D eigenvalue weighted by Gasteiger charge is -2.10. The quantitative estimate of drug-likeness (QED) is 0.671. The Hall–Kier alpha value is -1.56. The highest BCUT2D eigenvalue weighted by Crippen LogP contribution is 2.20. The second-order valence-electron chi connectivity index (χ2n) is 5.98. The molecule has 0 spiro atoms. The smallest absolute Gasteiger partial charge is 0.00256 e. The standard InChI is InChI=1S/C19H24/c1-14(2)18-9-5-7-16(12-18)11-17-8-6-10-19(13-17)15(3)4/h5-10,12-15H,11H2,1-4H3. The third-order valence-electron chi connectivity index (χ3n) is 3.64. The van der Waals surface area contributed by atoms with E-state index in [-0.39, 0.29) is 0 Å². The summed E-state index contributed by atoms with van der Waals surface area (Å²) in [4.78, 5) is 0. The minimum Gasteiger partial charge on any atom is -0.0617 e. The van der Waals surface area contributed by atoms with Crippen LogP contribution in [0.5, 0.6) is 0 Å². The van der Waals surface area contributed by atoms with Gasteiger partial charge in [-0.3, -0.25) is 0 Å². The van der Waals surface area contributed by atoms with E-state index in [0.717, 1.165) is 6.42 Å². The summed E-state index contributed by atoms with van der Waals surface area (Å²) >= 11 is 0. The Morgan fingerprint density at radius 2 is 1.11 bits per heavy atom. The third-order valence-corrected chi connectivity index (χ3v) is 3.64. The molecule has 19 heavy (non-hydrogen) atoms. The van der Waals surface area contributed by atoms with Crippen LogP contribution < -0.4 is 0 Å². The molecule has 0 aliphatic heterocycles. The van der Waals surface area contributed by atoms with E-state index in [1.54, 1.807) is 0 Å². The van der Waals surface area contributed by atoms with Crippen molar-refractivity contribution in [1.29, 1.82) is 0 Å². The zero-order valence-electron chi connectivity index (χ0n) is 12.5. The van der Waals surface area contributed by atoms with E-state index < -0.39 is 0 Å². The second-order valence-corrected chi connectivity index (χ2v) is 5.98. The maximum absolute atomic E-state index is 2.34. The fourth-order valence-electron chi connectivity index (χ4n) is 2.36. The summed E-state index contributed by atoms with van der Waals surface area (Å²) in [5.41, 5.74) is 5.68. The van der Waals surface area contributed by atoms with Crippen LogP contribution in [0.3, 0.4) is 0 Å². The van der Waals surface area contributed by atoms with E-state index in [9.17, 15) is 0 Å². The maximum Gasteiger partial charge on any atom is -0.00256 e. The first-order valence-corrected chi connectivity index (χ1v) is 7.24. The Kier molecular flexibility index (Phi) is 4.42. The van der Waals surface area contributed by atoms with Crippen LogP contribution in [0.15, 0.2) is 48.5 Å². The fraction of sp³-hybridized carbons (Fsp3) is 0.368. The van der Waals surface area contributed by atoms with Crippen LogP contribution in [-0.4, -0.2) is 0 Å². The van der Waals surface area contributed by atoms with Crippen molar-refractivity contribution in [2.75, 3.05) is 0 Å². The summed E-state index contributed by atoms with van der Waals surface area (Å²) in [5.74, 6) is 1.20. The first kappa shape index (κ1) is 13.9. The molecule has 2 aromatic carbocycles. The molecule has 0 amide bonds. The van der Waals surface area contributed by atoms with Crippen LogP contribution in [-0.2, 0) is 6.42 Å². The lowest BCUT2D eigenvalue weighted by molar-refractivity contribution is 0.859. The molecule has 0 aliphatic carbocycles. The van der Waals surface area contributed by atoms with Gasteiger partial charge < -0.3 is 0 Å². The predicted molar refractivity (Wildman–Crippen MR) is 83.9 cm³/mol. The SMILES string of the molecule is CC(C)c1cccc(Cc2cccc(C(C)C)c2)c1. The summed E-state index contributed by atoms with van der Waals surface area (Å²) in [6.45, 7) is 8.99. The molecule has 0 radical (unpaired) electrons. The fourth-order valence-corrected chi connectivity index (χ4v) is 2.36. The molecule has 0 saturated carbocycles. The second kappa shape index (κ2) is 6.06. The topological polar surface area (TPSA) is 0 Å². The van der Waals surface area contributed by atoms with Crippen molar-refractivity contribution in [1.82, 2.24) is 0 Å². The lowest BCUT2D eigenvalue weighted by atomic mass is 9.95. The van der Waals surface area contributed by atoms with Crippen molar-refractivity contribution >= 4 is 0 Å². The minimum absolute atomic E-state index is 0.599. The number of benzene rings is 2. The first-order valence-electron chi connectivity index (χ1n) is 7.24. The zero-order chi connectivity index (χ0) is 13.8. The predicted octanol–water partition coefficient (Wildman–Crippen LogP) is 5.52. The summed E-state index contributed by atoms with van der Waals surface area (Å²) in [7, 11) is 0. The van der Waals surface area contributed by atoms with Gasteiger partial charge in [0.15, 0.2) is 0 Å². The molecule has 0 fully saturated rings. The summed E-state index contributed by atoms with van der Waals surface area (Å²) in [6, 6.07) is 17.9. The minimum atomic E-state index is 0.599. The molecule has 0 atom stereocenters. The molecule has 0 unspecified atom stereocenters. The average molecular weight is 252 g/mol. The van der Waals surface area contributed by atoms with E-state index in [1.165, 1.54) is 22.3 Å². The van der Waals surface area contributed by atoms with Crippen LogP contribution >= 0.6 is 0 Å². The molecule has 0 nitrogen and oxygen atoms in total. The van der Waals surface area contributed by atoms with Gasteiger partial charge in [0.05, 0.1) is 0 Å². The Bertz CT molecular complexity index is 486. The molecular formula is C19H24. The number of hydrogen-bond donors (Lipinski definition) is 0. The molecule has 100 valence electrons. The van der Waals surface area contributed by atoms with E-state index >= 15 is 0 Å². The van der Waals surface area contributed by atoms with Crippen molar-refractivity contribution in [2.45, 2.75) is 46.0 Å². The van der Waals surface area contributed by atoms with Gasteiger partial charge in [-0.15, -0.1) is 0 Å². The Balaban J connectivity index is 2.21. The summed E-state index contributed by atoms with van der Waals surface area (Å²) in [5, 5.41) is 0. The Morgan fingerprint density at radius 3 is 1.47 bits per heavy atom. The van der Waals surface area contributed by atoms with Gasteiger partial charge in [0, 0.05) is 0 Å². The van der Waals surface area contributed by atoms with Gasteiger partial charge in [-0.1, -0.05) is 76.2 Å². The molecule has 2 rings (SSSR count). The van der Waals surface area contributed by atoms with Gasteiger partial charge in [-0.05, 0) is 40.5 Å². The molecule has 0 saturated heterocycles. The highest BCUT2D eigenvalue weighted by atomic mass is 14.1. The molecule has 0 heterocycles. The van der Waals surface area contributed by atoms with Crippen molar-refractivity contribution in [3.8, 4) is 0 Å². The summed E-state index contributed by atoms with van der Waals surface area (Å²) in [6.07, 6.45) is 1.03. The van der Waals surface area contributed by atoms with Crippen LogP contribution in [0.4, 0.5) is 0 Å². The molecule has 0 aliphatic rings. The van der Waals surface area contributed by atoms with E-state index in [2.05, 4.69) is 76.2 Å². The lowest BCUT2D eigenvalue weighted by Crippen LogP contribution is -1.94. The zero-order valence-corrected chi connectivity index (χ0v) is 12.5. The van der Waals surface area contributed by atoms with Gasteiger partial charge in [0.25, 0.3) is 0 Å². The molecule has 0 heteroatoms. The largest absolute Gasteiger partial charge is 0.0617 e. The van der Waals surface area contributed by atoms with Gasteiger partial charge in [-0.2, -0.15) is 0 Å². The molecular weight excluding hydrogens is 228 g/mol. The van der Waals surface area contributed by atoms with E-state index in [0.29, 0.717) is 11.8 Å². The Labute approximate surface area is 117 Å². The average Bonchev–Trinajstić information content (AvgIpc) is 2.39. The van der Waals surface area contributed by atoms with Gasteiger partial charge >= 0.3 is 0 Å².